The fourth-order valence-corrected chi connectivity index (χ4v) is 1.18. The largest absolute Gasteiger partial charge is 0.491 e. The molecular formula is C11H13FN2O4. The zero-order valence-corrected chi connectivity index (χ0v) is 9.70. The summed E-state index contributed by atoms with van der Waals surface area (Å²) in [5.74, 6) is -1.68. The van der Waals surface area contributed by atoms with Gasteiger partial charge in [-0.05, 0) is 19.1 Å². The summed E-state index contributed by atoms with van der Waals surface area (Å²) < 4.78 is 18.4. The van der Waals surface area contributed by atoms with Crippen molar-refractivity contribution >= 4 is 17.7 Å². The highest BCUT2D eigenvalue weighted by Gasteiger charge is 2.07. The molecule has 0 aliphatic rings. The minimum atomic E-state index is -1.16. The van der Waals surface area contributed by atoms with E-state index in [0.29, 0.717) is 6.61 Å². The molecule has 0 bridgehead atoms. The van der Waals surface area contributed by atoms with Crippen LogP contribution in [0.1, 0.15) is 6.92 Å². The third-order valence-corrected chi connectivity index (χ3v) is 1.89. The van der Waals surface area contributed by atoms with E-state index in [9.17, 15) is 14.0 Å². The molecule has 7 heteroatoms. The van der Waals surface area contributed by atoms with E-state index >= 15 is 0 Å². The van der Waals surface area contributed by atoms with Crippen LogP contribution in [-0.2, 0) is 4.79 Å². The van der Waals surface area contributed by atoms with Gasteiger partial charge < -0.3 is 20.5 Å². The molecule has 1 aromatic carbocycles. The van der Waals surface area contributed by atoms with Gasteiger partial charge in [-0.2, -0.15) is 0 Å². The number of ether oxygens (including phenoxy) is 1. The maximum atomic E-state index is 13.4. The number of halogens is 1. The highest BCUT2D eigenvalue weighted by Crippen LogP contribution is 2.20. The first kappa shape index (κ1) is 13.8. The number of benzene rings is 1. The molecule has 0 aliphatic heterocycles. The lowest BCUT2D eigenvalue weighted by molar-refractivity contribution is -0.135. The molecule has 0 aromatic heterocycles. The van der Waals surface area contributed by atoms with Crippen molar-refractivity contribution < 1.29 is 23.8 Å². The summed E-state index contributed by atoms with van der Waals surface area (Å²) in [6.07, 6.45) is 0. The number of nitrogens with one attached hydrogen (secondary N) is 2. The lowest BCUT2D eigenvalue weighted by Crippen LogP contribution is -2.33. The van der Waals surface area contributed by atoms with Crippen LogP contribution in [0, 0.1) is 5.82 Å². The minimum absolute atomic E-state index is 0.0917. The molecule has 1 rings (SSSR count). The van der Waals surface area contributed by atoms with Crippen molar-refractivity contribution in [2.24, 2.45) is 0 Å². The molecule has 0 spiro atoms. The van der Waals surface area contributed by atoms with Gasteiger partial charge in [0.05, 0.1) is 6.61 Å². The predicted molar refractivity (Wildman–Crippen MR) is 62.2 cm³/mol. The molecule has 18 heavy (non-hydrogen) atoms. The van der Waals surface area contributed by atoms with E-state index < -0.39 is 24.4 Å². The average Bonchev–Trinajstić information content (AvgIpc) is 2.30. The highest BCUT2D eigenvalue weighted by atomic mass is 19.1. The van der Waals surface area contributed by atoms with Crippen molar-refractivity contribution in [3.8, 4) is 5.75 Å². The summed E-state index contributed by atoms with van der Waals surface area (Å²) in [5, 5.41) is 12.7. The topological polar surface area (TPSA) is 87.7 Å². The predicted octanol–water partition coefficient (Wildman–Crippen LogP) is 1.43. The first-order valence-corrected chi connectivity index (χ1v) is 5.22. The number of hydrogen-bond acceptors (Lipinski definition) is 3. The Hall–Kier alpha value is -2.31. The van der Waals surface area contributed by atoms with Gasteiger partial charge in [-0.1, -0.05) is 0 Å². The van der Waals surface area contributed by atoms with Gasteiger partial charge in [-0.25, -0.2) is 9.18 Å². The molecule has 0 heterocycles. The zero-order chi connectivity index (χ0) is 13.5. The average molecular weight is 256 g/mol. The maximum absolute atomic E-state index is 13.4. The summed E-state index contributed by atoms with van der Waals surface area (Å²) in [5.41, 5.74) is 0.207. The van der Waals surface area contributed by atoms with Gasteiger partial charge in [0.15, 0.2) is 11.6 Å². The lowest BCUT2D eigenvalue weighted by Gasteiger charge is -2.08. The Bertz CT molecular complexity index is 451. The van der Waals surface area contributed by atoms with E-state index in [4.69, 9.17) is 9.84 Å². The Morgan fingerprint density at radius 2 is 2.17 bits per heavy atom. The first-order chi connectivity index (χ1) is 8.52. The Balaban J connectivity index is 2.60. The fourth-order valence-electron chi connectivity index (χ4n) is 1.18. The molecule has 0 fully saturated rings. The lowest BCUT2D eigenvalue weighted by atomic mass is 10.3. The van der Waals surface area contributed by atoms with E-state index in [1.807, 2.05) is 0 Å². The van der Waals surface area contributed by atoms with E-state index in [1.54, 1.807) is 6.92 Å². The van der Waals surface area contributed by atoms with Gasteiger partial charge in [-0.3, -0.25) is 4.79 Å². The Morgan fingerprint density at radius 1 is 1.44 bits per heavy atom. The molecule has 98 valence electrons. The summed E-state index contributed by atoms with van der Waals surface area (Å²) in [6.45, 7) is 1.55. The number of aliphatic carboxylic acids is 1. The Kier molecular flexibility index (Phi) is 4.91. The van der Waals surface area contributed by atoms with E-state index in [1.165, 1.54) is 12.1 Å². The molecule has 0 saturated heterocycles. The normalized spacial score (nSPS) is 9.67. The Morgan fingerprint density at radius 3 is 2.72 bits per heavy atom. The number of carboxylic acid groups (broad SMARTS) is 1. The number of anilines is 1. The van der Waals surface area contributed by atoms with Crippen LogP contribution >= 0.6 is 0 Å². The van der Waals surface area contributed by atoms with Gasteiger partial charge in [0.25, 0.3) is 0 Å². The van der Waals surface area contributed by atoms with Gasteiger partial charge in [-0.15, -0.1) is 0 Å². The highest BCUT2D eigenvalue weighted by molar-refractivity contribution is 5.91. The van der Waals surface area contributed by atoms with E-state index in [0.717, 1.165) is 6.07 Å². The molecule has 1 aromatic rings. The number of carboxylic acids is 1. The van der Waals surface area contributed by atoms with Crippen LogP contribution < -0.4 is 15.4 Å². The monoisotopic (exact) mass is 256 g/mol. The van der Waals surface area contributed by atoms with Crippen LogP contribution in [0.3, 0.4) is 0 Å². The second-order valence-electron chi connectivity index (χ2n) is 3.28. The quantitative estimate of drug-likeness (QED) is 0.743. The van der Waals surface area contributed by atoms with Crippen LogP contribution in [-0.4, -0.2) is 30.3 Å². The molecule has 0 radical (unpaired) electrons. The summed E-state index contributed by atoms with van der Waals surface area (Å²) in [6, 6.07) is 3.20. The molecule has 0 saturated carbocycles. The molecule has 2 amide bonds. The summed E-state index contributed by atoms with van der Waals surface area (Å²) in [4.78, 5) is 21.4. The molecule has 0 aliphatic carbocycles. The van der Waals surface area contributed by atoms with Crippen molar-refractivity contribution in [1.29, 1.82) is 0 Å². The maximum Gasteiger partial charge on any atom is 0.323 e. The molecule has 3 N–H and O–H groups in total. The van der Waals surface area contributed by atoms with Crippen LogP contribution in [0.15, 0.2) is 18.2 Å². The van der Waals surface area contributed by atoms with Gasteiger partial charge in [0.1, 0.15) is 6.54 Å². The standard InChI is InChI=1S/C11H13FN2O4/c1-2-18-9-4-3-7(5-8(9)12)14-11(17)13-6-10(15)16/h3-5H,2,6H2,1H3,(H,15,16)(H2,13,14,17). The van der Waals surface area contributed by atoms with Crippen LogP contribution in [0.4, 0.5) is 14.9 Å². The number of urea groups is 1. The fraction of sp³-hybridized carbons (Fsp3) is 0.273. The molecule has 0 unspecified atom stereocenters. The second kappa shape index (κ2) is 6.43. The van der Waals surface area contributed by atoms with E-state index in [-0.39, 0.29) is 11.4 Å². The molecule has 6 nitrogen and oxygen atoms in total. The van der Waals surface area contributed by atoms with Gasteiger partial charge >= 0.3 is 12.0 Å². The van der Waals surface area contributed by atoms with Crippen LogP contribution in [0.25, 0.3) is 0 Å². The second-order valence-corrected chi connectivity index (χ2v) is 3.28. The van der Waals surface area contributed by atoms with Crippen molar-refractivity contribution in [2.75, 3.05) is 18.5 Å². The van der Waals surface area contributed by atoms with Crippen LogP contribution in [0.5, 0.6) is 5.75 Å². The molecule has 0 atom stereocenters. The van der Waals surface area contributed by atoms with Crippen molar-refractivity contribution in [3.05, 3.63) is 24.0 Å². The van der Waals surface area contributed by atoms with Crippen molar-refractivity contribution in [2.45, 2.75) is 6.92 Å². The van der Waals surface area contributed by atoms with Crippen LogP contribution in [0.2, 0.25) is 0 Å². The Labute approximate surface area is 103 Å². The number of carbonyl (C=O) groups excluding carboxylic acids is 1. The molecular weight excluding hydrogens is 243 g/mol. The number of carbonyl (C=O) groups is 2. The number of amides is 2. The smallest absolute Gasteiger partial charge is 0.323 e. The van der Waals surface area contributed by atoms with E-state index in [2.05, 4.69) is 10.6 Å². The zero-order valence-electron chi connectivity index (χ0n) is 9.70. The summed E-state index contributed by atoms with van der Waals surface area (Å²) >= 11 is 0. The number of rotatable bonds is 5. The third kappa shape index (κ3) is 4.28. The summed E-state index contributed by atoms with van der Waals surface area (Å²) in [7, 11) is 0. The van der Waals surface area contributed by atoms with Gasteiger partial charge in [0, 0.05) is 11.8 Å². The van der Waals surface area contributed by atoms with Gasteiger partial charge in [0.2, 0.25) is 0 Å². The van der Waals surface area contributed by atoms with Crippen molar-refractivity contribution in [1.82, 2.24) is 5.32 Å². The SMILES string of the molecule is CCOc1ccc(NC(=O)NCC(=O)O)cc1F. The van der Waals surface area contributed by atoms with Crippen molar-refractivity contribution in [3.63, 3.8) is 0 Å². The number of hydrogen-bond donors (Lipinski definition) is 3. The first-order valence-electron chi connectivity index (χ1n) is 5.22. The minimum Gasteiger partial charge on any atom is -0.491 e. The third-order valence-electron chi connectivity index (χ3n) is 1.89.